The molecule has 0 fully saturated rings. The van der Waals surface area contributed by atoms with E-state index < -0.39 is 0 Å². The monoisotopic (exact) mass is 260 g/mol. The van der Waals surface area contributed by atoms with Crippen molar-refractivity contribution in [3.63, 3.8) is 0 Å². The highest BCUT2D eigenvalue weighted by atomic mass is 32.1. The summed E-state index contributed by atoms with van der Waals surface area (Å²) in [6.45, 7) is 5.69. The SMILES string of the molecule is Cc1nc(CNC2COc3ccccc32)sc1C. The summed E-state index contributed by atoms with van der Waals surface area (Å²) in [7, 11) is 0. The average Bonchev–Trinajstić information content (AvgIpc) is 2.92. The lowest BCUT2D eigenvalue weighted by Gasteiger charge is -2.09. The molecular formula is C14H16N2OS. The number of aromatic nitrogens is 1. The second kappa shape index (κ2) is 4.71. The highest BCUT2D eigenvalue weighted by Gasteiger charge is 2.23. The maximum Gasteiger partial charge on any atom is 0.124 e. The number of hydrogen-bond acceptors (Lipinski definition) is 4. The number of thiazole rings is 1. The van der Waals surface area contributed by atoms with Gasteiger partial charge >= 0.3 is 0 Å². The van der Waals surface area contributed by atoms with E-state index in [1.165, 1.54) is 10.4 Å². The maximum atomic E-state index is 5.65. The predicted octanol–water partition coefficient (Wildman–Crippen LogP) is 2.98. The lowest BCUT2D eigenvalue weighted by Crippen LogP contribution is -2.21. The molecule has 1 aromatic carbocycles. The van der Waals surface area contributed by atoms with Crippen molar-refractivity contribution in [2.75, 3.05) is 6.61 Å². The van der Waals surface area contributed by atoms with Crippen LogP contribution in [0.3, 0.4) is 0 Å². The zero-order chi connectivity index (χ0) is 12.5. The molecule has 3 nitrogen and oxygen atoms in total. The lowest BCUT2D eigenvalue weighted by atomic mass is 10.1. The Morgan fingerprint density at radius 2 is 2.22 bits per heavy atom. The van der Waals surface area contributed by atoms with E-state index in [2.05, 4.69) is 36.3 Å². The Kier molecular flexibility index (Phi) is 3.06. The number of nitrogens with zero attached hydrogens (tertiary/aromatic N) is 1. The van der Waals surface area contributed by atoms with Crippen molar-refractivity contribution in [3.05, 3.63) is 45.4 Å². The van der Waals surface area contributed by atoms with E-state index >= 15 is 0 Å². The van der Waals surface area contributed by atoms with Gasteiger partial charge in [-0.3, -0.25) is 0 Å². The van der Waals surface area contributed by atoms with Gasteiger partial charge in [0.2, 0.25) is 0 Å². The molecule has 2 aromatic rings. The molecule has 0 radical (unpaired) electrons. The van der Waals surface area contributed by atoms with Crippen LogP contribution < -0.4 is 10.1 Å². The Labute approximate surface area is 111 Å². The van der Waals surface area contributed by atoms with E-state index in [0.29, 0.717) is 6.61 Å². The number of ether oxygens (including phenoxy) is 1. The fraction of sp³-hybridized carbons (Fsp3) is 0.357. The minimum atomic E-state index is 0.283. The van der Waals surface area contributed by atoms with Gasteiger partial charge in [0.25, 0.3) is 0 Å². The number of aryl methyl sites for hydroxylation is 2. The van der Waals surface area contributed by atoms with Gasteiger partial charge in [0.1, 0.15) is 17.4 Å². The first-order valence-corrected chi connectivity index (χ1v) is 6.93. The molecule has 3 rings (SSSR count). The van der Waals surface area contributed by atoms with Gasteiger partial charge in [-0.2, -0.15) is 0 Å². The van der Waals surface area contributed by atoms with Crippen LogP contribution >= 0.6 is 11.3 Å². The second-order valence-corrected chi connectivity index (χ2v) is 5.82. The molecule has 94 valence electrons. The van der Waals surface area contributed by atoms with E-state index in [4.69, 9.17) is 4.74 Å². The van der Waals surface area contributed by atoms with Crippen LogP contribution in [0.2, 0.25) is 0 Å². The van der Waals surface area contributed by atoms with Crippen LogP contribution in [-0.4, -0.2) is 11.6 Å². The first-order chi connectivity index (χ1) is 8.74. The molecule has 0 bridgehead atoms. The third-order valence-corrected chi connectivity index (χ3v) is 4.35. The van der Waals surface area contributed by atoms with Crippen molar-refractivity contribution in [1.29, 1.82) is 0 Å². The molecule has 1 atom stereocenters. The van der Waals surface area contributed by atoms with Crippen LogP contribution in [0.5, 0.6) is 5.75 Å². The third-order valence-electron chi connectivity index (χ3n) is 3.27. The highest BCUT2D eigenvalue weighted by molar-refractivity contribution is 7.11. The summed E-state index contributed by atoms with van der Waals surface area (Å²) in [5, 5.41) is 4.67. The summed E-state index contributed by atoms with van der Waals surface area (Å²) in [4.78, 5) is 5.84. The van der Waals surface area contributed by atoms with Crippen LogP contribution in [0.15, 0.2) is 24.3 Å². The standard InChI is InChI=1S/C14H16N2OS/c1-9-10(2)18-14(16-9)7-15-12-8-17-13-6-4-3-5-11(12)13/h3-6,12,15H,7-8H2,1-2H3. The maximum absolute atomic E-state index is 5.65. The summed E-state index contributed by atoms with van der Waals surface area (Å²) >= 11 is 1.76. The number of hydrogen-bond donors (Lipinski definition) is 1. The highest BCUT2D eigenvalue weighted by Crippen LogP contribution is 2.31. The van der Waals surface area contributed by atoms with Gasteiger partial charge in [-0.05, 0) is 19.9 Å². The van der Waals surface area contributed by atoms with Crippen LogP contribution in [0.1, 0.15) is 27.2 Å². The summed E-state index contributed by atoms with van der Waals surface area (Å²) in [5.41, 5.74) is 2.39. The summed E-state index contributed by atoms with van der Waals surface area (Å²) in [6, 6.07) is 8.49. The quantitative estimate of drug-likeness (QED) is 0.921. The number of fused-ring (bicyclic) bond motifs is 1. The van der Waals surface area contributed by atoms with Crippen molar-refractivity contribution >= 4 is 11.3 Å². The van der Waals surface area contributed by atoms with Gasteiger partial charge < -0.3 is 10.1 Å². The normalized spacial score (nSPS) is 17.6. The molecule has 1 aromatic heterocycles. The third kappa shape index (κ3) is 2.13. The van der Waals surface area contributed by atoms with Crippen LogP contribution in [0, 0.1) is 13.8 Å². The van der Waals surface area contributed by atoms with E-state index in [1.54, 1.807) is 11.3 Å². The topological polar surface area (TPSA) is 34.2 Å². The van der Waals surface area contributed by atoms with Crippen molar-refractivity contribution < 1.29 is 4.74 Å². The molecule has 1 aliphatic rings. The number of rotatable bonds is 3. The zero-order valence-corrected chi connectivity index (χ0v) is 11.4. The molecule has 2 heterocycles. The molecule has 0 aliphatic carbocycles. The number of nitrogens with one attached hydrogen (secondary N) is 1. The van der Waals surface area contributed by atoms with Crippen molar-refractivity contribution in [3.8, 4) is 5.75 Å². The minimum absolute atomic E-state index is 0.283. The molecule has 0 saturated heterocycles. The van der Waals surface area contributed by atoms with Gasteiger partial charge in [0.05, 0.1) is 11.7 Å². The van der Waals surface area contributed by atoms with Crippen molar-refractivity contribution in [1.82, 2.24) is 10.3 Å². The van der Waals surface area contributed by atoms with Gasteiger partial charge in [0, 0.05) is 17.0 Å². The first-order valence-electron chi connectivity index (χ1n) is 6.12. The van der Waals surface area contributed by atoms with E-state index in [9.17, 15) is 0 Å². The summed E-state index contributed by atoms with van der Waals surface area (Å²) in [5.74, 6) is 1.00. The Bertz CT molecular complexity index is 545. The van der Waals surface area contributed by atoms with Crippen molar-refractivity contribution in [2.45, 2.75) is 26.4 Å². The molecule has 4 heteroatoms. The number of para-hydroxylation sites is 1. The Morgan fingerprint density at radius 3 is 3.00 bits per heavy atom. The fourth-order valence-electron chi connectivity index (χ4n) is 2.16. The van der Waals surface area contributed by atoms with E-state index in [-0.39, 0.29) is 6.04 Å². The zero-order valence-electron chi connectivity index (χ0n) is 10.6. The molecule has 0 spiro atoms. The average molecular weight is 260 g/mol. The first kappa shape index (κ1) is 11.7. The van der Waals surface area contributed by atoms with Gasteiger partial charge in [-0.25, -0.2) is 4.98 Å². The minimum Gasteiger partial charge on any atom is -0.491 e. The van der Waals surface area contributed by atoms with Gasteiger partial charge in [-0.15, -0.1) is 11.3 Å². The molecule has 0 amide bonds. The smallest absolute Gasteiger partial charge is 0.124 e. The molecular weight excluding hydrogens is 244 g/mol. The van der Waals surface area contributed by atoms with Crippen molar-refractivity contribution in [2.24, 2.45) is 0 Å². The molecule has 1 aliphatic heterocycles. The van der Waals surface area contributed by atoms with Gasteiger partial charge in [0.15, 0.2) is 0 Å². The van der Waals surface area contributed by atoms with E-state index in [1.807, 2.05) is 12.1 Å². The Morgan fingerprint density at radius 1 is 1.39 bits per heavy atom. The van der Waals surface area contributed by atoms with E-state index in [0.717, 1.165) is 23.0 Å². The van der Waals surface area contributed by atoms with Crippen LogP contribution in [-0.2, 0) is 6.54 Å². The Balaban J connectivity index is 1.68. The van der Waals surface area contributed by atoms with Crippen LogP contribution in [0.4, 0.5) is 0 Å². The summed E-state index contributed by atoms with van der Waals surface area (Å²) < 4.78 is 5.65. The van der Waals surface area contributed by atoms with Crippen LogP contribution in [0.25, 0.3) is 0 Å². The molecule has 18 heavy (non-hydrogen) atoms. The lowest BCUT2D eigenvalue weighted by molar-refractivity contribution is 0.310. The largest absolute Gasteiger partial charge is 0.491 e. The number of benzene rings is 1. The molecule has 1 unspecified atom stereocenters. The molecule has 0 saturated carbocycles. The predicted molar refractivity (Wildman–Crippen MR) is 73.1 cm³/mol. The molecule has 1 N–H and O–H groups in total. The van der Waals surface area contributed by atoms with Gasteiger partial charge in [-0.1, -0.05) is 18.2 Å². The summed E-state index contributed by atoms with van der Waals surface area (Å²) in [6.07, 6.45) is 0. The Hall–Kier alpha value is -1.39. The second-order valence-electron chi connectivity index (χ2n) is 4.53. The fourth-order valence-corrected chi connectivity index (χ4v) is 3.04.